The van der Waals surface area contributed by atoms with Crippen LogP contribution in [0.4, 0.5) is 0 Å². The second-order valence-electron chi connectivity index (χ2n) is 6.57. The maximum Gasteiger partial charge on any atom is 0.303 e. The van der Waals surface area contributed by atoms with Gasteiger partial charge in [-0.15, -0.1) is 0 Å². The summed E-state index contributed by atoms with van der Waals surface area (Å²) in [5.41, 5.74) is -0.513. The fraction of sp³-hybridized carbons (Fsp3) is 0.263. The van der Waals surface area contributed by atoms with Crippen molar-refractivity contribution in [3.63, 3.8) is 0 Å². The highest BCUT2D eigenvalue weighted by Crippen LogP contribution is 2.22. The third-order valence-corrected chi connectivity index (χ3v) is 5.59. The van der Waals surface area contributed by atoms with Gasteiger partial charge in [0.2, 0.25) is 10.0 Å². The Balaban J connectivity index is 2.36. The molecule has 0 aliphatic carbocycles. The van der Waals surface area contributed by atoms with Gasteiger partial charge in [-0.1, -0.05) is 42.5 Å². The number of hydrogen-bond donors (Lipinski definition) is 2. The summed E-state index contributed by atoms with van der Waals surface area (Å²) in [5.74, 6) is -1.40. The Morgan fingerprint density at radius 3 is 2.19 bits per heavy atom. The van der Waals surface area contributed by atoms with Gasteiger partial charge < -0.3 is 5.11 Å². The number of nitrogens with one attached hydrogen (secondary N) is 1. The minimum Gasteiger partial charge on any atom is -0.481 e. The van der Waals surface area contributed by atoms with Crippen molar-refractivity contribution in [2.24, 2.45) is 0 Å². The highest BCUT2D eigenvalue weighted by atomic mass is 32.2. The summed E-state index contributed by atoms with van der Waals surface area (Å²) in [4.78, 5) is 23.4. The van der Waals surface area contributed by atoms with Crippen LogP contribution in [0.2, 0.25) is 0 Å². The Morgan fingerprint density at radius 1 is 1.00 bits per heavy atom. The smallest absolute Gasteiger partial charge is 0.303 e. The summed E-state index contributed by atoms with van der Waals surface area (Å²) in [6.07, 6.45) is -0.0452. The molecule has 7 heteroatoms. The predicted octanol–water partition coefficient (Wildman–Crippen LogP) is 2.84. The molecular weight excluding hydrogens is 354 g/mol. The van der Waals surface area contributed by atoms with Gasteiger partial charge in [0.05, 0.1) is 4.90 Å². The van der Waals surface area contributed by atoms with E-state index in [0.29, 0.717) is 5.56 Å². The van der Waals surface area contributed by atoms with Crippen molar-refractivity contribution >= 4 is 21.8 Å². The third kappa shape index (κ3) is 5.00. The maximum atomic E-state index is 12.8. The fourth-order valence-corrected chi connectivity index (χ4v) is 4.17. The zero-order valence-corrected chi connectivity index (χ0v) is 15.4. The third-order valence-electron chi connectivity index (χ3n) is 3.83. The first-order valence-corrected chi connectivity index (χ1v) is 9.55. The van der Waals surface area contributed by atoms with E-state index < -0.39 is 27.3 Å². The van der Waals surface area contributed by atoms with Crippen LogP contribution in [0.1, 0.15) is 42.6 Å². The summed E-state index contributed by atoms with van der Waals surface area (Å²) < 4.78 is 28.2. The minimum atomic E-state index is -4.01. The molecular formula is C19H21NO5S. The lowest BCUT2D eigenvalue weighted by molar-refractivity contribution is -0.137. The summed E-state index contributed by atoms with van der Waals surface area (Å²) in [6, 6.07) is 14.4. The molecule has 2 rings (SSSR count). The number of rotatable bonds is 8. The lowest BCUT2D eigenvalue weighted by Crippen LogP contribution is -2.44. The molecule has 2 N–H and O–H groups in total. The molecule has 138 valence electrons. The summed E-state index contributed by atoms with van der Waals surface area (Å²) >= 11 is 0. The second kappa shape index (κ2) is 7.80. The largest absolute Gasteiger partial charge is 0.481 e. The molecule has 0 aromatic heterocycles. The van der Waals surface area contributed by atoms with Crippen LogP contribution < -0.4 is 4.72 Å². The van der Waals surface area contributed by atoms with Crippen LogP contribution in [-0.4, -0.2) is 30.8 Å². The number of carboxylic acids is 1. The molecule has 0 atom stereocenters. The number of benzene rings is 2. The molecule has 0 amide bonds. The predicted molar refractivity (Wildman–Crippen MR) is 97.6 cm³/mol. The number of carbonyl (C=O) groups excluding carboxylic acids is 1. The van der Waals surface area contributed by atoms with E-state index in [4.69, 9.17) is 5.11 Å². The van der Waals surface area contributed by atoms with Crippen molar-refractivity contribution in [2.75, 3.05) is 0 Å². The molecule has 0 bridgehead atoms. The first-order valence-electron chi connectivity index (χ1n) is 8.07. The van der Waals surface area contributed by atoms with E-state index in [1.54, 1.807) is 56.3 Å². The highest BCUT2D eigenvalue weighted by Gasteiger charge is 2.29. The van der Waals surface area contributed by atoms with Crippen LogP contribution in [0.25, 0.3) is 0 Å². The molecule has 26 heavy (non-hydrogen) atoms. The Morgan fingerprint density at radius 2 is 1.58 bits per heavy atom. The van der Waals surface area contributed by atoms with E-state index in [-0.39, 0.29) is 23.3 Å². The SMILES string of the molecule is CC(C)(CCC(=O)O)NS(=O)(=O)c1ccccc1C(=O)c1ccccc1. The van der Waals surface area contributed by atoms with Gasteiger partial charge >= 0.3 is 5.97 Å². The fourth-order valence-electron chi connectivity index (χ4n) is 2.52. The number of carboxylic acid groups (broad SMARTS) is 1. The topological polar surface area (TPSA) is 101 Å². The van der Waals surface area contributed by atoms with Gasteiger partial charge in [-0.3, -0.25) is 9.59 Å². The van der Waals surface area contributed by atoms with Gasteiger partial charge in [-0.2, -0.15) is 0 Å². The molecule has 0 fully saturated rings. The van der Waals surface area contributed by atoms with Crippen molar-refractivity contribution in [3.8, 4) is 0 Å². The Bertz CT molecular complexity index is 905. The normalized spacial score (nSPS) is 11.9. The van der Waals surface area contributed by atoms with Gasteiger partial charge in [0.25, 0.3) is 0 Å². The number of ketones is 1. The average Bonchev–Trinajstić information content (AvgIpc) is 2.59. The maximum absolute atomic E-state index is 12.8. The summed E-state index contributed by atoms with van der Waals surface area (Å²) in [6.45, 7) is 3.21. The minimum absolute atomic E-state index is 0.0697. The number of sulfonamides is 1. The molecule has 0 unspecified atom stereocenters. The molecule has 2 aromatic rings. The van der Waals surface area contributed by atoms with Crippen LogP contribution >= 0.6 is 0 Å². The monoisotopic (exact) mass is 375 g/mol. The molecule has 0 radical (unpaired) electrons. The van der Waals surface area contributed by atoms with Crippen molar-refractivity contribution in [1.29, 1.82) is 0 Å². The van der Waals surface area contributed by atoms with Gasteiger partial charge in [0.15, 0.2) is 5.78 Å². The molecule has 2 aromatic carbocycles. The van der Waals surface area contributed by atoms with Crippen LogP contribution in [0.15, 0.2) is 59.5 Å². The van der Waals surface area contributed by atoms with E-state index in [2.05, 4.69) is 4.72 Å². The van der Waals surface area contributed by atoms with Crippen LogP contribution in [0.5, 0.6) is 0 Å². The lowest BCUT2D eigenvalue weighted by atomic mass is 10.0. The zero-order chi connectivity index (χ0) is 19.4. The summed E-state index contributed by atoms with van der Waals surface area (Å²) in [5, 5.41) is 8.81. The molecule has 0 heterocycles. The van der Waals surface area contributed by atoms with E-state index in [1.807, 2.05) is 0 Å². The molecule has 6 nitrogen and oxygen atoms in total. The van der Waals surface area contributed by atoms with Gasteiger partial charge in [-0.05, 0) is 32.4 Å². The van der Waals surface area contributed by atoms with E-state index in [9.17, 15) is 18.0 Å². The van der Waals surface area contributed by atoms with Gasteiger partial charge in [0.1, 0.15) is 0 Å². The number of carbonyl (C=O) groups is 2. The zero-order valence-electron chi connectivity index (χ0n) is 14.6. The standard InChI is InChI=1S/C19H21NO5S/c1-19(2,13-12-17(21)22)20-26(24,25)16-11-7-6-10-15(16)18(23)14-8-4-3-5-9-14/h3-11,20H,12-13H2,1-2H3,(H,21,22). The first kappa shape index (κ1) is 19.8. The summed E-state index contributed by atoms with van der Waals surface area (Å²) in [7, 11) is -4.01. The van der Waals surface area contributed by atoms with E-state index in [1.165, 1.54) is 12.1 Å². The van der Waals surface area contributed by atoms with Gasteiger partial charge in [0, 0.05) is 23.1 Å². The van der Waals surface area contributed by atoms with Gasteiger partial charge in [-0.25, -0.2) is 13.1 Å². The first-order chi connectivity index (χ1) is 12.1. The van der Waals surface area contributed by atoms with Crippen LogP contribution in [0, 0.1) is 0 Å². The molecule has 0 saturated carbocycles. The molecule has 0 saturated heterocycles. The number of hydrogen-bond acceptors (Lipinski definition) is 4. The van der Waals surface area contributed by atoms with Crippen LogP contribution in [0.3, 0.4) is 0 Å². The van der Waals surface area contributed by atoms with Crippen molar-refractivity contribution in [1.82, 2.24) is 4.72 Å². The molecule has 0 aliphatic rings. The highest BCUT2D eigenvalue weighted by molar-refractivity contribution is 7.89. The van der Waals surface area contributed by atoms with Crippen molar-refractivity contribution in [3.05, 3.63) is 65.7 Å². The molecule has 0 aliphatic heterocycles. The Kier molecular flexibility index (Phi) is 5.94. The van der Waals surface area contributed by atoms with E-state index in [0.717, 1.165) is 0 Å². The Hall–Kier alpha value is -2.51. The lowest BCUT2D eigenvalue weighted by Gasteiger charge is -2.25. The number of aliphatic carboxylic acids is 1. The Labute approximate surface area is 152 Å². The van der Waals surface area contributed by atoms with Crippen LogP contribution in [-0.2, 0) is 14.8 Å². The van der Waals surface area contributed by atoms with Crippen molar-refractivity contribution < 1.29 is 23.1 Å². The van der Waals surface area contributed by atoms with E-state index >= 15 is 0 Å². The average molecular weight is 375 g/mol. The quantitative estimate of drug-likeness (QED) is 0.691. The molecule has 0 spiro atoms. The van der Waals surface area contributed by atoms with Crippen molar-refractivity contribution in [2.45, 2.75) is 37.1 Å². The second-order valence-corrected chi connectivity index (χ2v) is 8.23.